The number of carbonyl (C=O) groups excluding carboxylic acids is 1. The summed E-state index contributed by atoms with van der Waals surface area (Å²) < 4.78 is 0. The molecule has 0 saturated heterocycles. The molecule has 0 radical (unpaired) electrons. The van der Waals surface area contributed by atoms with E-state index in [1.54, 1.807) is 18.2 Å². The Balaban J connectivity index is 1.63. The monoisotopic (exact) mass is 435 g/mol. The third-order valence-corrected chi connectivity index (χ3v) is 7.13. The summed E-state index contributed by atoms with van der Waals surface area (Å²) in [5, 5.41) is 4.14. The molecule has 0 heterocycles. The second-order valence-corrected chi connectivity index (χ2v) is 9.58. The molecule has 3 aliphatic rings. The van der Waals surface area contributed by atoms with E-state index in [4.69, 9.17) is 23.2 Å². The molecular weight excluding hydrogens is 413 g/mol. The Hall–Kier alpha value is -2.29. The van der Waals surface area contributed by atoms with Crippen molar-refractivity contribution in [1.29, 1.82) is 0 Å². The lowest BCUT2D eigenvalue weighted by Gasteiger charge is -2.51. The summed E-state index contributed by atoms with van der Waals surface area (Å²) in [6.07, 6.45) is 0. The summed E-state index contributed by atoms with van der Waals surface area (Å²) in [6.45, 7) is 4.46. The van der Waals surface area contributed by atoms with Crippen molar-refractivity contribution in [2.45, 2.75) is 25.7 Å². The van der Waals surface area contributed by atoms with Crippen molar-refractivity contribution in [1.82, 2.24) is 0 Å². The summed E-state index contributed by atoms with van der Waals surface area (Å²) in [7, 11) is 0. The van der Waals surface area contributed by atoms with Crippen LogP contribution in [0.1, 0.15) is 47.9 Å². The maximum Gasteiger partial charge on any atom is 0.228 e. The number of halogens is 2. The van der Waals surface area contributed by atoms with Crippen LogP contribution in [0.25, 0.3) is 0 Å². The number of rotatable bonds is 3. The lowest BCUT2D eigenvalue weighted by atomic mass is 9.52. The minimum absolute atomic E-state index is 0.0334. The highest BCUT2D eigenvalue weighted by atomic mass is 35.5. The molecule has 3 aliphatic carbocycles. The zero-order chi connectivity index (χ0) is 21.0. The Labute approximate surface area is 187 Å². The fourth-order valence-electron chi connectivity index (χ4n) is 5.70. The normalized spacial score (nSPS) is 23.8. The first kappa shape index (κ1) is 19.7. The molecule has 2 nitrogen and oxygen atoms in total. The molecule has 0 aromatic heterocycles. The van der Waals surface area contributed by atoms with Gasteiger partial charge in [0, 0.05) is 27.6 Å². The van der Waals surface area contributed by atoms with Crippen LogP contribution in [0.3, 0.4) is 0 Å². The molecule has 6 rings (SSSR count). The quantitative estimate of drug-likeness (QED) is 0.466. The van der Waals surface area contributed by atoms with E-state index in [0.717, 1.165) is 0 Å². The van der Waals surface area contributed by atoms with Crippen LogP contribution in [-0.4, -0.2) is 5.91 Å². The summed E-state index contributed by atoms with van der Waals surface area (Å²) in [6, 6.07) is 22.4. The number of amides is 1. The van der Waals surface area contributed by atoms with Gasteiger partial charge in [0.05, 0.1) is 5.92 Å². The van der Waals surface area contributed by atoms with Crippen LogP contribution in [0.2, 0.25) is 10.0 Å². The molecule has 2 bridgehead atoms. The molecule has 1 amide bonds. The van der Waals surface area contributed by atoms with E-state index in [1.165, 1.54) is 22.3 Å². The van der Waals surface area contributed by atoms with E-state index in [1.807, 2.05) is 0 Å². The van der Waals surface area contributed by atoms with E-state index in [2.05, 4.69) is 67.7 Å². The van der Waals surface area contributed by atoms with Gasteiger partial charge in [-0.15, -0.1) is 0 Å². The molecule has 1 N–H and O–H groups in total. The summed E-state index contributed by atoms with van der Waals surface area (Å²) in [5.74, 6) is 0.724. The fourth-order valence-corrected chi connectivity index (χ4v) is 6.22. The van der Waals surface area contributed by atoms with Crippen LogP contribution in [0, 0.1) is 17.8 Å². The predicted octanol–water partition coefficient (Wildman–Crippen LogP) is 7.11. The molecule has 30 heavy (non-hydrogen) atoms. The first-order valence-corrected chi connectivity index (χ1v) is 11.2. The van der Waals surface area contributed by atoms with E-state index in [9.17, 15) is 4.79 Å². The van der Waals surface area contributed by atoms with Gasteiger partial charge in [-0.25, -0.2) is 0 Å². The number of carbonyl (C=O) groups is 1. The number of hydrogen-bond donors (Lipinski definition) is 1. The van der Waals surface area contributed by atoms with Gasteiger partial charge in [-0.1, -0.05) is 85.6 Å². The average Bonchev–Trinajstić information content (AvgIpc) is 2.72. The average molecular weight is 436 g/mol. The number of fused-ring (bicyclic) bond motifs is 1. The first-order chi connectivity index (χ1) is 14.5. The van der Waals surface area contributed by atoms with E-state index in [0.29, 0.717) is 21.7 Å². The summed E-state index contributed by atoms with van der Waals surface area (Å²) in [5.41, 5.74) is 5.94. The molecule has 3 aromatic rings. The zero-order valence-corrected chi connectivity index (χ0v) is 18.4. The van der Waals surface area contributed by atoms with Gasteiger partial charge in [-0.3, -0.25) is 4.79 Å². The molecule has 4 heteroatoms. The van der Waals surface area contributed by atoms with Crippen molar-refractivity contribution in [3.05, 3.63) is 99.0 Å². The van der Waals surface area contributed by atoms with Crippen LogP contribution in [0.5, 0.6) is 0 Å². The second-order valence-electron chi connectivity index (χ2n) is 8.71. The van der Waals surface area contributed by atoms with Gasteiger partial charge in [0.2, 0.25) is 5.91 Å². The molecular formula is C26H23Cl2NO. The molecule has 0 saturated carbocycles. The van der Waals surface area contributed by atoms with Gasteiger partial charge in [-0.05, 0) is 52.3 Å². The minimum Gasteiger partial charge on any atom is -0.326 e. The third kappa shape index (κ3) is 3.05. The van der Waals surface area contributed by atoms with Crippen molar-refractivity contribution in [2.24, 2.45) is 17.8 Å². The Morgan fingerprint density at radius 2 is 1.27 bits per heavy atom. The van der Waals surface area contributed by atoms with Crippen LogP contribution in [0.15, 0.2) is 66.7 Å². The van der Waals surface area contributed by atoms with Gasteiger partial charge in [-0.2, -0.15) is 0 Å². The van der Waals surface area contributed by atoms with Gasteiger partial charge < -0.3 is 5.32 Å². The van der Waals surface area contributed by atoms with Crippen LogP contribution < -0.4 is 5.32 Å². The molecule has 3 aromatic carbocycles. The van der Waals surface area contributed by atoms with Crippen molar-refractivity contribution in [2.75, 3.05) is 5.32 Å². The van der Waals surface area contributed by atoms with Gasteiger partial charge in [0.15, 0.2) is 0 Å². The maximum absolute atomic E-state index is 13.7. The van der Waals surface area contributed by atoms with E-state index >= 15 is 0 Å². The standard InChI is InChI=1S/C26H23Cl2NO/c1-14(2)22-23-18-7-3-5-9-20(18)24(21-10-6-4-8-19(21)23)25(22)26(30)29-17-12-15(27)11-16(28)13-17/h3-14,22-25H,1-2H3,(H,29,30)/t22-,23?,24?,25-/m1/s1. The number of hydrogen-bond acceptors (Lipinski definition) is 1. The molecule has 0 spiro atoms. The summed E-state index contributed by atoms with van der Waals surface area (Å²) >= 11 is 12.3. The fraction of sp³-hybridized carbons (Fsp3) is 0.269. The lowest BCUT2D eigenvalue weighted by molar-refractivity contribution is -0.123. The van der Waals surface area contributed by atoms with Crippen molar-refractivity contribution in [3.8, 4) is 0 Å². The van der Waals surface area contributed by atoms with Gasteiger partial charge in [0.1, 0.15) is 0 Å². The first-order valence-electron chi connectivity index (χ1n) is 10.4. The molecule has 152 valence electrons. The Kier molecular flexibility index (Phi) is 4.88. The zero-order valence-electron chi connectivity index (χ0n) is 16.9. The molecule has 0 aliphatic heterocycles. The third-order valence-electron chi connectivity index (χ3n) is 6.69. The number of nitrogens with one attached hydrogen (secondary N) is 1. The smallest absolute Gasteiger partial charge is 0.228 e. The van der Waals surface area contributed by atoms with E-state index < -0.39 is 0 Å². The lowest BCUT2D eigenvalue weighted by Crippen LogP contribution is -2.47. The highest BCUT2D eigenvalue weighted by Crippen LogP contribution is 2.60. The Bertz CT molecular complexity index is 1070. The Morgan fingerprint density at radius 3 is 1.73 bits per heavy atom. The molecule has 0 unspecified atom stereocenters. The van der Waals surface area contributed by atoms with Gasteiger partial charge in [0.25, 0.3) is 0 Å². The minimum atomic E-state index is -0.155. The van der Waals surface area contributed by atoms with Gasteiger partial charge >= 0.3 is 0 Å². The van der Waals surface area contributed by atoms with Crippen LogP contribution in [0.4, 0.5) is 5.69 Å². The SMILES string of the molecule is CC(C)[C@@H]1C2c3ccccc3C(c3ccccc32)[C@@H]1C(=O)Nc1cc(Cl)cc(Cl)c1. The number of benzene rings is 3. The van der Waals surface area contributed by atoms with Crippen LogP contribution >= 0.6 is 23.2 Å². The highest BCUT2D eigenvalue weighted by molar-refractivity contribution is 6.35. The largest absolute Gasteiger partial charge is 0.326 e. The highest BCUT2D eigenvalue weighted by Gasteiger charge is 2.53. The van der Waals surface area contributed by atoms with Crippen molar-refractivity contribution < 1.29 is 4.79 Å². The molecule has 0 fully saturated rings. The summed E-state index contributed by atoms with van der Waals surface area (Å²) in [4.78, 5) is 13.7. The Morgan fingerprint density at radius 1 is 0.800 bits per heavy atom. The molecule has 2 atom stereocenters. The predicted molar refractivity (Wildman–Crippen MR) is 123 cm³/mol. The topological polar surface area (TPSA) is 29.1 Å². The number of anilines is 1. The maximum atomic E-state index is 13.7. The van der Waals surface area contributed by atoms with Crippen molar-refractivity contribution in [3.63, 3.8) is 0 Å². The van der Waals surface area contributed by atoms with Crippen LogP contribution in [-0.2, 0) is 4.79 Å². The van der Waals surface area contributed by atoms with Crippen molar-refractivity contribution >= 4 is 34.8 Å². The second kappa shape index (κ2) is 7.44. The van der Waals surface area contributed by atoms with E-state index in [-0.39, 0.29) is 29.6 Å².